The van der Waals surface area contributed by atoms with Gasteiger partial charge in [0, 0.05) is 12.4 Å². The van der Waals surface area contributed by atoms with Crippen molar-refractivity contribution in [3.8, 4) is 0 Å². The average Bonchev–Trinajstić information content (AvgIpc) is 2.80. The molecule has 0 aliphatic rings. The second-order valence-electron chi connectivity index (χ2n) is 3.79. The Hall–Kier alpha value is -1.67. The molecule has 78 valence electrons. The summed E-state index contributed by atoms with van der Waals surface area (Å²) in [6, 6.07) is 12.7. The molecule has 0 bridgehead atoms. The maximum Gasteiger partial charge on any atom is 0.0528 e. The van der Waals surface area contributed by atoms with E-state index in [0.29, 0.717) is 0 Å². The van der Waals surface area contributed by atoms with Crippen LogP contribution in [-0.4, -0.2) is 4.98 Å². The van der Waals surface area contributed by atoms with Crippen LogP contribution in [0.25, 0.3) is 10.1 Å². The van der Waals surface area contributed by atoms with E-state index >= 15 is 0 Å². The Labute approximate surface area is 98.4 Å². The standard InChI is InChI=1S/C14H11NS/c1-2-4-11(5-3-1)8-12-9-15-10-14-13(12)6-7-16-14/h1-7,9-10H,8H2. The maximum atomic E-state index is 4.29. The lowest BCUT2D eigenvalue weighted by atomic mass is 10.0. The predicted molar refractivity (Wildman–Crippen MR) is 68.9 cm³/mol. The molecule has 16 heavy (non-hydrogen) atoms. The number of rotatable bonds is 2. The fraction of sp³-hybridized carbons (Fsp3) is 0.0714. The number of thiophene rings is 1. The van der Waals surface area contributed by atoms with Crippen molar-refractivity contribution in [1.29, 1.82) is 0 Å². The minimum absolute atomic E-state index is 0.960. The van der Waals surface area contributed by atoms with Gasteiger partial charge in [-0.15, -0.1) is 11.3 Å². The number of aromatic nitrogens is 1. The normalized spacial score (nSPS) is 10.8. The van der Waals surface area contributed by atoms with Gasteiger partial charge in [0.15, 0.2) is 0 Å². The van der Waals surface area contributed by atoms with E-state index in [-0.39, 0.29) is 0 Å². The first-order valence-electron chi connectivity index (χ1n) is 5.27. The molecule has 0 atom stereocenters. The predicted octanol–water partition coefficient (Wildman–Crippen LogP) is 3.89. The first kappa shape index (κ1) is 9.55. The lowest BCUT2D eigenvalue weighted by molar-refractivity contribution is 1.17. The molecule has 0 radical (unpaired) electrons. The second-order valence-corrected chi connectivity index (χ2v) is 4.74. The van der Waals surface area contributed by atoms with Crippen molar-refractivity contribution in [2.24, 2.45) is 0 Å². The molecule has 0 aliphatic carbocycles. The number of hydrogen-bond acceptors (Lipinski definition) is 2. The van der Waals surface area contributed by atoms with Gasteiger partial charge >= 0.3 is 0 Å². The van der Waals surface area contributed by atoms with Crippen LogP contribution in [0.2, 0.25) is 0 Å². The molecule has 0 fully saturated rings. The van der Waals surface area contributed by atoms with Gasteiger partial charge in [0.1, 0.15) is 0 Å². The van der Waals surface area contributed by atoms with Crippen LogP contribution in [0.4, 0.5) is 0 Å². The van der Waals surface area contributed by atoms with Gasteiger partial charge in [-0.2, -0.15) is 0 Å². The SMILES string of the molecule is c1ccc(Cc2cncc3sccc23)cc1. The number of hydrogen-bond donors (Lipinski definition) is 0. The number of pyridine rings is 1. The smallest absolute Gasteiger partial charge is 0.0528 e. The molecule has 1 nitrogen and oxygen atoms in total. The fourth-order valence-electron chi connectivity index (χ4n) is 1.91. The molecular formula is C14H11NS. The van der Waals surface area contributed by atoms with Crippen LogP contribution in [0.5, 0.6) is 0 Å². The third-order valence-corrected chi connectivity index (χ3v) is 3.55. The van der Waals surface area contributed by atoms with Crippen molar-refractivity contribution in [2.75, 3.05) is 0 Å². The molecule has 0 spiro atoms. The van der Waals surface area contributed by atoms with Crippen molar-refractivity contribution < 1.29 is 0 Å². The van der Waals surface area contributed by atoms with Crippen molar-refractivity contribution >= 4 is 21.4 Å². The van der Waals surface area contributed by atoms with Gasteiger partial charge in [0.25, 0.3) is 0 Å². The van der Waals surface area contributed by atoms with Gasteiger partial charge in [-0.3, -0.25) is 4.98 Å². The molecule has 0 N–H and O–H groups in total. The number of fused-ring (bicyclic) bond motifs is 1. The third kappa shape index (κ3) is 1.72. The summed E-state index contributed by atoms with van der Waals surface area (Å²) in [5.41, 5.74) is 2.65. The van der Waals surface area contributed by atoms with Gasteiger partial charge in [-0.1, -0.05) is 30.3 Å². The van der Waals surface area contributed by atoms with Crippen LogP contribution in [0, 0.1) is 0 Å². The molecule has 3 rings (SSSR count). The second kappa shape index (κ2) is 4.06. The fourth-order valence-corrected chi connectivity index (χ4v) is 2.71. The summed E-state index contributed by atoms with van der Waals surface area (Å²) >= 11 is 1.75. The van der Waals surface area contributed by atoms with Crippen molar-refractivity contribution in [3.63, 3.8) is 0 Å². The molecule has 0 saturated heterocycles. The summed E-state index contributed by atoms with van der Waals surface area (Å²) in [7, 11) is 0. The third-order valence-electron chi connectivity index (χ3n) is 2.70. The van der Waals surface area contributed by atoms with E-state index in [9.17, 15) is 0 Å². The Bertz CT molecular complexity index is 598. The van der Waals surface area contributed by atoms with Gasteiger partial charge in [-0.25, -0.2) is 0 Å². The zero-order valence-electron chi connectivity index (χ0n) is 8.76. The molecule has 2 heterocycles. The van der Waals surface area contributed by atoms with E-state index < -0.39 is 0 Å². The monoisotopic (exact) mass is 225 g/mol. The molecule has 1 aromatic carbocycles. The van der Waals surface area contributed by atoms with Gasteiger partial charge in [-0.05, 0) is 34.4 Å². The summed E-state index contributed by atoms with van der Waals surface area (Å²) in [6.45, 7) is 0. The van der Waals surface area contributed by atoms with E-state index in [1.807, 2.05) is 18.5 Å². The largest absolute Gasteiger partial charge is 0.263 e. The summed E-state index contributed by atoms with van der Waals surface area (Å²) in [5.74, 6) is 0. The summed E-state index contributed by atoms with van der Waals surface area (Å²) in [6.07, 6.45) is 4.87. The molecule has 3 aromatic rings. The zero-order chi connectivity index (χ0) is 10.8. The van der Waals surface area contributed by atoms with E-state index in [4.69, 9.17) is 0 Å². The van der Waals surface area contributed by atoms with Crippen LogP contribution in [0.1, 0.15) is 11.1 Å². The summed E-state index contributed by atoms with van der Waals surface area (Å²) in [4.78, 5) is 4.29. The van der Waals surface area contributed by atoms with E-state index in [1.165, 1.54) is 21.2 Å². The minimum atomic E-state index is 0.960. The highest BCUT2D eigenvalue weighted by Crippen LogP contribution is 2.24. The lowest BCUT2D eigenvalue weighted by Gasteiger charge is -2.02. The van der Waals surface area contributed by atoms with Crippen molar-refractivity contribution in [2.45, 2.75) is 6.42 Å². The zero-order valence-corrected chi connectivity index (χ0v) is 9.58. The first-order valence-corrected chi connectivity index (χ1v) is 6.15. The highest BCUT2D eigenvalue weighted by atomic mass is 32.1. The highest BCUT2D eigenvalue weighted by molar-refractivity contribution is 7.17. The topological polar surface area (TPSA) is 12.9 Å². The molecule has 0 amide bonds. The summed E-state index contributed by atoms with van der Waals surface area (Å²) < 4.78 is 1.27. The van der Waals surface area contributed by atoms with E-state index in [1.54, 1.807) is 11.3 Å². The molecule has 0 saturated carbocycles. The van der Waals surface area contributed by atoms with Crippen LogP contribution < -0.4 is 0 Å². The van der Waals surface area contributed by atoms with Crippen molar-refractivity contribution in [3.05, 3.63) is 65.3 Å². The van der Waals surface area contributed by atoms with Gasteiger partial charge in [0.2, 0.25) is 0 Å². The number of benzene rings is 1. The molecule has 0 aliphatic heterocycles. The Kier molecular flexibility index (Phi) is 2.43. The van der Waals surface area contributed by atoms with Crippen LogP contribution >= 0.6 is 11.3 Å². The molecule has 2 aromatic heterocycles. The van der Waals surface area contributed by atoms with Crippen LogP contribution in [-0.2, 0) is 6.42 Å². The summed E-state index contributed by atoms with van der Waals surface area (Å²) in [5, 5.41) is 3.46. The first-order chi connectivity index (χ1) is 7.93. The van der Waals surface area contributed by atoms with Crippen LogP contribution in [0.3, 0.4) is 0 Å². The Balaban J connectivity index is 2.04. The van der Waals surface area contributed by atoms with Crippen molar-refractivity contribution in [1.82, 2.24) is 4.98 Å². The minimum Gasteiger partial charge on any atom is -0.263 e. The van der Waals surface area contributed by atoms with E-state index in [2.05, 4.69) is 40.7 Å². The van der Waals surface area contributed by atoms with Gasteiger partial charge < -0.3 is 0 Å². The highest BCUT2D eigenvalue weighted by Gasteiger charge is 2.03. The quantitative estimate of drug-likeness (QED) is 0.645. The molecular weight excluding hydrogens is 214 g/mol. The lowest BCUT2D eigenvalue weighted by Crippen LogP contribution is -1.89. The Morgan fingerprint density at radius 3 is 2.75 bits per heavy atom. The average molecular weight is 225 g/mol. The van der Waals surface area contributed by atoms with Gasteiger partial charge in [0.05, 0.1) is 4.70 Å². The molecule has 2 heteroatoms. The number of nitrogens with zero attached hydrogens (tertiary/aromatic N) is 1. The van der Waals surface area contributed by atoms with E-state index in [0.717, 1.165) is 6.42 Å². The maximum absolute atomic E-state index is 4.29. The molecule has 0 unspecified atom stereocenters. The Morgan fingerprint density at radius 1 is 1.00 bits per heavy atom. The van der Waals surface area contributed by atoms with Crippen LogP contribution in [0.15, 0.2) is 54.2 Å². The Morgan fingerprint density at radius 2 is 1.88 bits per heavy atom.